The minimum atomic E-state index is -0.454. The van der Waals surface area contributed by atoms with Crippen molar-refractivity contribution in [2.24, 2.45) is 5.73 Å². The molecule has 0 aliphatic heterocycles. The molecule has 1 heterocycles. The largest absolute Gasteiger partial charge is 0.468 e. The molecule has 0 aliphatic rings. The maximum absolute atomic E-state index is 11.7. The quantitative estimate of drug-likeness (QED) is 0.813. The van der Waals surface area contributed by atoms with Crippen molar-refractivity contribution in [1.82, 2.24) is 0 Å². The lowest BCUT2D eigenvalue weighted by atomic mass is 10.1. The molecule has 0 aromatic carbocycles. The molecule has 4 nitrogen and oxygen atoms in total. The van der Waals surface area contributed by atoms with Crippen LogP contribution in [-0.2, 0) is 9.53 Å². The number of carbonyl (C=O) groups is 1. The summed E-state index contributed by atoms with van der Waals surface area (Å²) >= 11 is 1.47. The van der Waals surface area contributed by atoms with E-state index in [2.05, 4.69) is 0 Å². The number of furan rings is 1. The molecule has 19 heavy (non-hydrogen) atoms. The number of thioether (sulfide) groups is 1. The zero-order chi connectivity index (χ0) is 14.5. The molecule has 1 aromatic heterocycles. The highest BCUT2D eigenvalue weighted by Gasteiger charge is 2.24. The predicted molar refractivity (Wildman–Crippen MR) is 78.0 cm³/mol. The lowest BCUT2D eigenvalue weighted by molar-refractivity contribution is -0.151. The zero-order valence-electron chi connectivity index (χ0n) is 12.0. The minimum Gasteiger partial charge on any atom is -0.468 e. The van der Waals surface area contributed by atoms with Crippen LogP contribution in [0.25, 0.3) is 0 Å². The Morgan fingerprint density at radius 3 is 2.68 bits per heavy atom. The summed E-state index contributed by atoms with van der Waals surface area (Å²) in [6, 6.07) is 3.68. The molecular weight excluding hydrogens is 262 g/mol. The summed E-state index contributed by atoms with van der Waals surface area (Å²) < 4.78 is 10.7. The highest BCUT2D eigenvalue weighted by molar-refractivity contribution is 8.00. The summed E-state index contributed by atoms with van der Waals surface area (Å²) in [6.07, 6.45) is 2.45. The van der Waals surface area contributed by atoms with Gasteiger partial charge in [0.15, 0.2) is 0 Å². The Morgan fingerprint density at radius 1 is 1.53 bits per heavy atom. The number of esters is 1. The van der Waals surface area contributed by atoms with Gasteiger partial charge in [-0.15, -0.1) is 11.8 Å². The van der Waals surface area contributed by atoms with Gasteiger partial charge in [-0.25, -0.2) is 0 Å². The zero-order valence-corrected chi connectivity index (χ0v) is 12.8. The van der Waals surface area contributed by atoms with Crippen molar-refractivity contribution in [1.29, 1.82) is 0 Å². The average molecular weight is 285 g/mol. The molecule has 0 aliphatic carbocycles. The Hall–Kier alpha value is -0.940. The predicted octanol–water partition coefficient (Wildman–Crippen LogP) is 3.13. The van der Waals surface area contributed by atoms with Crippen molar-refractivity contribution < 1.29 is 13.9 Å². The smallest absolute Gasteiger partial charge is 0.316 e. The van der Waals surface area contributed by atoms with Crippen LogP contribution in [0.3, 0.4) is 0 Å². The minimum absolute atomic E-state index is 0.0208. The summed E-state index contributed by atoms with van der Waals surface area (Å²) in [4.78, 5) is 11.7. The van der Waals surface area contributed by atoms with Gasteiger partial charge in [0.25, 0.3) is 0 Å². The number of nitrogens with two attached hydrogens (primary N) is 1. The molecule has 0 spiro atoms. The highest BCUT2D eigenvalue weighted by atomic mass is 32.2. The fourth-order valence-electron chi connectivity index (χ4n) is 1.61. The monoisotopic (exact) mass is 285 g/mol. The first kappa shape index (κ1) is 16.1. The number of hydrogen-bond donors (Lipinski definition) is 1. The van der Waals surface area contributed by atoms with Crippen LogP contribution in [0.2, 0.25) is 0 Å². The SMILES string of the molecule is CCC(N)C(SCC(=O)OC(C)(C)C)c1ccco1. The first-order chi connectivity index (χ1) is 8.83. The third-order valence-corrected chi connectivity index (χ3v) is 3.83. The summed E-state index contributed by atoms with van der Waals surface area (Å²) in [5.74, 6) is 0.858. The van der Waals surface area contributed by atoms with Crippen LogP contribution in [0.15, 0.2) is 22.8 Å². The maximum Gasteiger partial charge on any atom is 0.316 e. The van der Waals surface area contributed by atoms with Crippen LogP contribution in [0.1, 0.15) is 45.1 Å². The molecule has 0 saturated heterocycles. The van der Waals surface area contributed by atoms with E-state index in [1.165, 1.54) is 11.8 Å². The van der Waals surface area contributed by atoms with Gasteiger partial charge in [-0.05, 0) is 39.3 Å². The van der Waals surface area contributed by atoms with Crippen molar-refractivity contribution in [3.8, 4) is 0 Å². The number of carbonyl (C=O) groups excluding carboxylic acids is 1. The first-order valence-electron chi connectivity index (χ1n) is 6.46. The van der Waals surface area contributed by atoms with Gasteiger partial charge in [0.1, 0.15) is 11.4 Å². The summed E-state index contributed by atoms with van der Waals surface area (Å²) in [6.45, 7) is 7.60. The van der Waals surface area contributed by atoms with Crippen LogP contribution >= 0.6 is 11.8 Å². The van der Waals surface area contributed by atoms with Crippen LogP contribution in [0.5, 0.6) is 0 Å². The van der Waals surface area contributed by atoms with Crippen LogP contribution in [0, 0.1) is 0 Å². The fraction of sp³-hybridized carbons (Fsp3) is 0.643. The Kier molecular flexibility index (Phi) is 5.94. The number of ether oxygens (including phenoxy) is 1. The summed E-state index contributed by atoms with van der Waals surface area (Å²) in [5.41, 5.74) is 5.64. The molecule has 0 radical (unpaired) electrons. The van der Waals surface area contributed by atoms with Gasteiger partial charge in [-0.3, -0.25) is 4.79 Å². The molecule has 0 bridgehead atoms. The Balaban J connectivity index is 2.57. The van der Waals surface area contributed by atoms with Crippen molar-refractivity contribution in [3.05, 3.63) is 24.2 Å². The molecule has 1 rings (SSSR count). The normalized spacial score (nSPS) is 15.0. The highest BCUT2D eigenvalue weighted by Crippen LogP contribution is 2.33. The molecule has 0 fully saturated rings. The van der Waals surface area contributed by atoms with Gasteiger partial charge in [-0.2, -0.15) is 0 Å². The van der Waals surface area contributed by atoms with Crippen molar-refractivity contribution in [2.75, 3.05) is 5.75 Å². The summed E-state index contributed by atoms with van der Waals surface area (Å²) in [7, 11) is 0. The number of hydrogen-bond acceptors (Lipinski definition) is 5. The van der Waals surface area contributed by atoms with Crippen LogP contribution in [-0.4, -0.2) is 23.4 Å². The van der Waals surface area contributed by atoms with E-state index in [4.69, 9.17) is 14.9 Å². The van der Waals surface area contributed by atoms with E-state index in [9.17, 15) is 4.79 Å². The Labute approximate surface area is 119 Å². The first-order valence-corrected chi connectivity index (χ1v) is 7.50. The topological polar surface area (TPSA) is 65.5 Å². The lowest BCUT2D eigenvalue weighted by Crippen LogP contribution is -2.28. The van der Waals surface area contributed by atoms with Crippen molar-refractivity contribution in [2.45, 2.75) is 51.0 Å². The second-order valence-corrected chi connectivity index (χ2v) is 6.54. The molecule has 1 aromatic rings. The van der Waals surface area contributed by atoms with Crippen molar-refractivity contribution in [3.63, 3.8) is 0 Å². The van der Waals surface area contributed by atoms with E-state index in [0.717, 1.165) is 12.2 Å². The molecule has 2 N–H and O–H groups in total. The molecule has 2 atom stereocenters. The van der Waals surface area contributed by atoms with Crippen LogP contribution in [0.4, 0.5) is 0 Å². The fourth-order valence-corrected chi connectivity index (χ4v) is 2.73. The number of rotatable bonds is 6. The van der Waals surface area contributed by atoms with Gasteiger partial charge in [0, 0.05) is 6.04 Å². The van der Waals surface area contributed by atoms with Gasteiger partial charge < -0.3 is 14.9 Å². The van der Waals surface area contributed by atoms with E-state index in [1.54, 1.807) is 6.26 Å². The molecule has 108 valence electrons. The Morgan fingerprint density at radius 2 is 2.21 bits per heavy atom. The van der Waals surface area contributed by atoms with Crippen molar-refractivity contribution >= 4 is 17.7 Å². The molecule has 5 heteroatoms. The third-order valence-electron chi connectivity index (χ3n) is 2.48. The molecule has 0 amide bonds. The van der Waals surface area contributed by atoms with Gasteiger partial charge in [0.2, 0.25) is 0 Å². The van der Waals surface area contributed by atoms with E-state index in [1.807, 2.05) is 39.8 Å². The Bertz CT molecular complexity index is 384. The van der Waals surface area contributed by atoms with E-state index in [0.29, 0.717) is 0 Å². The van der Waals surface area contributed by atoms with Gasteiger partial charge >= 0.3 is 5.97 Å². The van der Waals surface area contributed by atoms with Gasteiger partial charge in [-0.1, -0.05) is 6.92 Å². The van der Waals surface area contributed by atoms with E-state index in [-0.39, 0.29) is 23.0 Å². The second-order valence-electron chi connectivity index (χ2n) is 5.41. The maximum atomic E-state index is 11.7. The second kappa shape index (κ2) is 7.01. The van der Waals surface area contributed by atoms with Crippen LogP contribution < -0.4 is 5.73 Å². The lowest BCUT2D eigenvalue weighted by Gasteiger charge is -2.22. The molecular formula is C14H23NO3S. The van der Waals surface area contributed by atoms with E-state index >= 15 is 0 Å². The molecule has 2 unspecified atom stereocenters. The molecule has 0 saturated carbocycles. The average Bonchev–Trinajstić information content (AvgIpc) is 2.80. The van der Waals surface area contributed by atoms with Gasteiger partial charge in [0.05, 0.1) is 17.3 Å². The standard InChI is InChI=1S/C14H23NO3S/c1-5-10(15)13(11-7-6-8-17-11)19-9-12(16)18-14(2,3)4/h6-8,10,13H,5,9,15H2,1-4H3. The third kappa shape index (κ3) is 5.70. The summed E-state index contributed by atoms with van der Waals surface area (Å²) in [5, 5.41) is -0.0208. The van der Waals surface area contributed by atoms with E-state index < -0.39 is 5.60 Å².